The summed E-state index contributed by atoms with van der Waals surface area (Å²) < 4.78 is 1.10. The molecule has 0 aromatic heterocycles. The molecule has 0 atom stereocenters. The number of benzene rings is 2. The third-order valence-corrected chi connectivity index (χ3v) is 3.94. The van der Waals surface area contributed by atoms with Crippen LogP contribution < -0.4 is 5.32 Å². The number of anilines is 1. The van der Waals surface area contributed by atoms with Gasteiger partial charge in [0.1, 0.15) is 0 Å². The topological polar surface area (TPSA) is 55.2 Å². The van der Waals surface area contributed by atoms with Gasteiger partial charge in [-0.05, 0) is 42.7 Å². The zero-order chi connectivity index (χ0) is 14.5. The summed E-state index contributed by atoms with van der Waals surface area (Å²) in [6.07, 6.45) is 0.826. The van der Waals surface area contributed by atoms with E-state index in [1.165, 1.54) is 5.56 Å². The van der Waals surface area contributed by atoms with Crippen LogP contribution in [0.1, 0.15) is 11.1 Å². The number of nitro benzene ring substituents is 1. The molecule has 5 heteroatoms. The van der Waals surface area contributed by atoms with Crippen molar-refractivity contribution in [3.05, 3.63) is 68.2 Å². The van der Waals surface area contributed by atoms with Gasteiger partial charge in [-0.1, -0.05) is 28.1 Å². The van der Waals surface area contributed by atoms with Crippen LogP contribution in [-0.4, -0.2) is 11.5 Å². The number of non-ortho nitro benzene ring substituents is 1. The molecule has 0 spiro atoms. The van der Waals surface area contributed by atoms with Crippen LogP contribution in [0, 0.1) is 17.0 Å². The molecule has 0 unspecified atom stereocenters. The molecule has 0 saturated heterocycles. The largest absolute Gasteiger partial charge is 0.385 e. The number of hydrogen-bond acceptors (Lipinski definition) is 3. The summed E-state index contributed by atoms with van der Waals surface area (Å²) in [7, 11) is 0. The molecule has 0 fully saturated rings. The predicted octanol–water partition coefficient (Wildman–Crippen LogP) is 4.32. The molecule has 4 nitrogen and oxygen atoms in total. The van der Waals surface area contributed by atoms with Crippen molar-refractivity contribution in [1.82, 2.24) is 0 Å². The highest BCUT2D eigenvalue weighted by Gasteiger charge is 2.03. The minimum Gasteiger partial charge on any atom is -0.385 e. The quantitative estimate of drug-likeness (QED) is 0.654. The highest BCUT2D eigenvalue weighted by atomic mass is 79.9. The highest BCUT2D eigenvalue weighted by Crippen LogP contribution is 2.20. The minimum absolute atomic E-state index is 0.130. The second-order valence-corrected chi connectivity index (χ2v) is 5.42. The van der Waals surface area contributed by atoms with Crippen LogP contribution in [0.25, 0.3) is 0 Å². The Morgan fingerprint density at radius 2 is 1.90 bits per heavy atom. The first-order chi connectivity index (χ1) is 9.56. The summed E-state index contributed by atoms with van der Waals surface area (Å²) in [6.45, 7) is 2.84. The van der Waals surface area contributed by atoms with Crippen molar-refractivity contribution in [3.8, 4) is 0 Å². The molecule has 0 saturated carbocycles. The second-order valence-electron chi connectivity index (χ2n) is 4.56. The fourth-order valence-corrected chi connectivity index (χ4v) is 2.14. The van der Waals surface area contributed by atoms with Gasteiger partial charge >= 0.3 is 0 Å². The first-order valence-electron chi connectivity index (χ1n) is 6.29. The van der Waals surface area contributed by atoms with Crippen LogP contribution in [0.4, 0.5) is 11.4 Å². The van der Waals surface area contributed by atoms with Crippen molar-refractivity contribution >= 4 is 27.3 Å². The Morgan fingerprint density at radius 1 is 1.20 bits per heavy atom. The van der Waals surface area contributed by atoms with Gasteiger partial charge in [-0.3, -0.25) is 10.1 Å². The number of nitrogens with one attached hydrogen (secondary N) is 1. The zero-order valence-corrected chi connectivity index (χ0v) is 12.7. The molecule has 2 aromatic rings. The Kier molecular flexibility index (Phi) is 4.74. The Morgan fingerprint density at radius 3 is 2.50 bits per heavy atom. The van der Waals surface area contributed by atoms with Crippen LogP contribution in [0.5, 0.6) is 0 Å². The van der Waals surface area contributed by atoms with Crippen LogP contribution in [0.3, 0.4) is 0 Å². The molecule has 1 N–H and O–H groups in total. The number of rotatable bonds is 5. The third kappa shape index (κ3) is 3.81. The van der Waals surface area contributed by atoms with E-state index in [1.807, 2.05) is 19.1 Å². The lowest BCUT2D eigenvalue weighted by Crippen LogP contribution is -2.05. The van der Waals surface area contributed by atoms with Crippen LogP contribution in [-0.2, 0) is 6.42 Å². The monoisotopic (exact) mass is 334 g/mol. The maximum atomic E-state index is 10.6. The summed E-state index contributed by atoms with van der Waals surface area (Å²) in [5.41, 5.74) is 3.47. The van der Waals surface area contributed by atoms with Crippen molar-refractivity contribution in [1.29, 1.82) is 0 Å². The summed E-state index contributed by atoms with van der Waals surface area (Å²) in [5, 5.41) is 13.9. The van der Waals surface area contributed by atoms with E-state index in [4.69, 9.17) is 0 Å². The maximum absolute atomic E-state index is 10.6. The lowest BCUT2D eigenvalue weighted by atomic mass is 10.1. The zero-order valence-electron chi connectivity index (χ0n) is 11.1. The second kappa shape index (κ2) is 6.52. The van der Waals surface area contributed by atoms with E-state index >= 15 is 0 Å². The van der Waals surface area contributed by atoms with E-state index in [-0.39, 0.29) is 10.6 Å². The van der Waals surface area contributed by atoms with Crippen molar-refractivity contribution in [2.75, 3.05) is 11.9 Å². The fraction of sp³-hybridized carbons (Fsp3) is 0.200. The molecule has 20 heavy (non-hydrogen) atoms. The van der Waals surface area contributed by atoms with E-state index in [2.05, 4.69) is 27.3 Å². The van der Waals surface area contributed by atoms with Crippen LogP contribution in [0.2, 0.25) is 0 Å². The molecule has 0 aliphatic rings. The molecule has 0 aliphatic heterocycles. The highest BCUT2D eigenvalue weighted by molar-refractivity contribution is 9.10. The molecule has 0 bridgehead atoms. The van der Waals surface area contributed by atoms with Gasteiger partial charge in [-0.25, -0.2) is 0 Å². The molecule has 0 radical (unpaired) electrons. The van der Waals surface area contributed by atoms with Crippen molar-refractivity contribution in [2.24, 2.45) is 0 Å². The molecule has 104 valence electrons. The normalized spacial score (nSPS) is 10.3. The molecular formula is C15H15BrN2O2. The molecule has 0 aliphatic carbocycles. The molecule has 0 amide bonds. The van der Waals surface area contributed by atoms with Crippen LogP contribution >= 0.6 is 15.9 Å². The molecule has 2 rings (SSSR count). The van der Waals surface area contributed by atoms with Gasteiger partial charge in [0.15, 0.2) is 0 Å². The van der Waals surface area contributed by atoms with E-state index in [9.17, 15) is 10.1 Å². The number of nitro groups is 1. The van der Waals surface area contributed by atoms with Gasteiger partial charge < -0.3 is 5.32 Å². The van der Waals surface area contributed by atoms with E-state index in [1.54, 1.807) is 24.3 Å². The van der Waals surface area contributed by atoms with Gasteiger partial charge in [0.2, 0.25) is 0 Å². The average Bonchev–Trinajstić information content (AvgIpc) is 2.43. The van der Waals surface area contributed by atoms with Gasteiger partial charge in [0.25, 0.3) is 5.69 Å². The van der Waals surface area contributed by atoms with Gasteiger partial charge in [0.05, 0.1) is 4.92 Å². The Balaban J connectivity index is 1.89. The summed E-state index contributed by atoms with van der Waals surface area (Å²) in [4.78, 5) is 10.2. The molecule has 2 aromatic carbocycles. The van der Waals surface area contributed by atoms with Gasteiger partial charge in [-0.15, -0.1) is 0 Å². The summed E-state index contributed by atoms with van der Waals surface area (Å²) in [5.74, 6) is 0. The van der Waals surface area contributed by atoms with Crippen molar-refractivity contribution in [3.63, 3.8) is 0 Å². The minimum atomic E-state index is -0.382. The number of halogens is 1. The Hall–Kier alpha value is -1.88. The summed E-state index contributed by atoms with van der Waals surface area (Å²) >= 11 is 3.47. The van der Waals surface area contributed by atoms with E-state index in [0.717, 1.165) is 28.7 Å². The van der Waals surface area contributed by atoms with E-state index in [0.29, 0.717) is 0 Å². The molecule has 0 heterocycles. The molecular weight excluding hydrogens is 320 g/mol. The maximum Gasteiger partial charge on any atom is 0.269 e. The smallest absolute Gasteiger partial charge is 0.269 e. The number of aryl methyl sites for hydroxylation is 1. The number of hydrogen-bond donors (Lipinski definition) is 1. The first-order valence-corrected chi connectivity index (χ1v) is 7.09. The number of nitrogens with zero attached hydrogens (tertiary/aromatic N) is 1. The van der Waals surface area contributed by atoms with Crippen LogP contribution in [0.15, 0.2) is 46.9 Å². The average molecular weight is 335 g/mol. The Labute approximate surface area is 126 Å². The lowest BCUT2D eigenvalue weighted by Gasteiger charge is -2.08. The standard InChI is InChI=1S/C15H15BrN2O2/c1-11-10-13(4-7-15(11)16)17-9-8-12-2-5-14(6-3-12)18(19)20/h2-7,10,17H,8-9H2,1H3. The third-order valence-electron chi connectivity index (χ3n) is 3.05. The van der Waals surface area contributed by atoms with E-state index < -0.39 is 0 Å². The fourth-order valence-electron chi connectivity index (χ4n) is 1.89. The SMILES string of the molecule is Cc1cc(NCCc2ccc([N+](=O)[O-])cc2)ccc1Br. The Bertz CT molecular complexity index is 612. The van der Waals surface area contributed by atoms with Crippen molar-refractivity contribution in [2.45, 2.75) is 13.3 Å². The lowest BCUT2D eigenvalue weighted by molar-refractivity contribution is -0.384. The summed E-state index contributed by atoms with van der Waals surface area (Å²) in [6, 6.07) is 12.8. The van der Waals surface area contributed by atoms with Crippen molar-refractivity contribution < 1.29 is 4.92 Å². The first kappa shape index (κ1) is 14.5. The van der Waals surface area contributed by atoms with Gasteiger partial charge in [0, 0.05) is 28.8 Å². The van der Waals surface area contributed by atoms with Gasteiger partial charge in [-0.2, -0.15) is 0 Å². The predicted molar refractivity (Wildman–Crippen MR) is 84.2 cm³/mol.